The third kappa shape index (κ3) is 4.67. The Morgan fingerprint density at radius 3 is 2.11 bits per heavy atom. The molecule has 1 saturated heterocycles. The number of hydrogen-bond donors (Lipinski definition) is 0. The van der Waals surface area contributed by atoms with E-state index < -0.39 is 0 Å². The standard InChI is InChI=1S/C5H12OSi.2CH4/c7-5-3-1-2-4-6-5;;/h5H,1-4H2,7H3;2*1H4. The Bertz CT molecular complexity index is 50.9. The van der Waals surface area contributed by atoms with Gasteiger partial charge in [-0.3, -0.25) is 0 Å². The average Bonchev–Trinajstić information content (AvgIpc) is 1.69. The van der Waals surface area contributed by atoms with E-state index in [9.17, 15) is 0 Å². The molecule has 1 atom stereocenters. The van der Waals surface area contributed by atoms with Gasteiger partial charge in [0.15, 0.2) is 0 Å². The molecule has 0 radical (unpaired) electrons. The zero-order valence-electron chi connectivity index (χ0n) is 4.81. The van der Waals surface area contributed by atoms with Crippen LogP contribution in [-0.2, 0) is 4.74 Å². The van der Waals surface area contributed by atoms with E-state index in [0.29, 0.717) is 5.73 Å². The van der Waals surface area contributed by atoms with Gasteiger partial charge in [-0.2, -0.15) is 0 Å². The zero-order chi connectivity index (χ0) is 5.11. The van der Waals surface area contributed by atoms with Gasteiger partial charge in [0.1, 0.15) is 0 Å². The molecular weight excluding hydrogens is 128 g/mol. The van der Waals surface area contributed by atoms with Crippen LogP contribution in [0.15, 0.2) is 0 Å². The van der Waals surface area contributed by atoms with Gasteiger partial charge in [-0.15, -0.1) is 0 Å². The maximum Gasteiger partial charge on any atom is 0.0465 e. The minimum atomic E-state index is 0. The fraction of sp³-hybridized carbons (Fsp3) is 1.00. The van der Waals surface area contributed by atoms with Crippen LogP contribution in [0, 0.1) is 0 Å². The zero-order valence-corrected chi connectivity index (χ0v) is 6.81. The highest BCUT2D eigenvalue weighted by atomic mass is 28.1. The van der Waals surface area contributed by atoms with Crippen LogP contribution in [0.1, 0.15) is 34.1 Å². The predicted octanol–water partition coefficient (Wildman–Crippen LogP) is 1.15. The van der Waals surface area contributed by atoms with E-state index in [1.54, 1.807) is 0 Å². The summed E-state index contributed by atoms with van der Waals surface area (Å²) in [6, 6.07) is 0. The van der Waals surface area contributed by atoms with E-state index in [1.165, 1.54) is 29.5 Å². The molecule has 0 saturated carbocycles. The molecule has 1 heterocycles. The fourth-order valence-electron chi connectivity index (χ4n) is 0.902. The van der Waals surface area contributed by atoms with Gasteiger partial charge >= 0.3 is 0 Å². The second-order valence-electron chi connectivity index (χ2n) is 2.18. The van der Waals surface area contributed by atoms with Gasteiger partial charge in [-0.05, 0) is 19.3 Å². The molecule has 1 fully saturated rings. The van der Waals surface area contributed by atoms with Gasteiger partial charge < -0.3 is 4.74 Å². The van der Waals surface area contributed by atoms with E-state index in [4.69, 9.17) is 4.74 Å². The number of hydrogen-bond acceptors (Lipinski definition) is 1. The van der Waals surface area contributed by atoms with Crippen LogP contribution in [0.5, 0.6) is 0 Å². The van der Waals surface area contributed by atoms with Crippen LogP contribution in [0.4, 0.5) is 0 Å². The lowest BCUT2D eigenvalue weighted by Crippen LogP contribution is -2.18. The molecule has 9 heavy (non-hydrogen) atoms. The Balaban J connectivity index is 0. The minimum absolute atomic E-state index is 0. The molecule has 1 unspecified atom stereocenters. The molecule has 0 aromatic carbocycles. The van der Waals surface area contributed by atoms with Crippen molar-refractivity contribution in [3.63, 3.8) is 0 Å². The van der Waals surface area contributed by atoms with Crippen LogP contribution < -0.4 is 0 Å². The van der Waals surface area contributed by atoms with Crippen molar-refractivity contribution in [3.8, 4) is 0 Å². The summed E-state index contributed by atoms with van der Waals surface area (Å²) in [7, 11) is 1.23. The molecule has 0 spiro atoms. The molecule has 1 aliphatic rings. The van der Waals surface area contributed by atoms with Crippen LogP contribution in [0.3, 0.4) is 0 Å². The van der Waals surface area contributed by atoms with Gasteiger partial charge in [-0.1, -0.05) is 14.9 Å². The van der Waals surface area contributed by atoms with E-state index in [0.717, 1.165) is 6.61 Å². The molecule has 1 aliphatic heterocycles. The molecule has 2 heteroatoms. The first-order valence-electron chi connectivity index (χ1n) is 3.01. The molecule has 1 rings (SSSR count). The first kappa shape index (κ1) is 11.9. The van der Waals surface area contributed by atoms with Crippen molar-refractivity contribution in [2.45, 2.75) is 39.8 Å². The summed E-state index contributed by atoms with van der Waals surface area (Å²) in [5.74, 6) is 0. The molecule has 0 amide bonds. The van der Waals surface area contributed by atoms with Crippen molar-refractivity contribution in [1.29, 1.82) is 0 Å². The topological polar surface area (TPSA) is 9.23 Å². The molecule has 0 bridgehead atoms. The lowest BCUT2D eigenvalue weighted by molar-refractivity contribution is 0.0675. The normalized spacial score (nSPS) is 26.0. The third-order valence-corrected chi connectivity index (χ3v) is 2.32. The summed E-state index contributed by atoms with van der Waals surface area (Å²) in [6.07, 6.45) is 4.01. The van der Waals surface area contributed by atoms with Gasteiger partial charge in [0.25, 0.3) is 0 Å². The summed E-state index contributed by atoms with van der Waals surface area (Å²) < 4.78 is 5.34. The van der Waals surface area contributed by atoms with Gasteiger partial charge in [0.2, 0.25) is 0 Å². The van der Waals surface area contributed by atoms with Crippen LogP contribution >= 0.6 is 0 Å². The smallest absolute Gasteiger partial charge is 0.0465 e. The number of ether oxygens (including phenoxy) is 1. The van der Waals surface area contributed by atoms with Crippen molar-refractivity contribution in [1.82, 2.24) is 0 Å². The SMILES string of the molecule is C.C.[SiH3]C1CCCCO1. The second kappa shape index (κ2) is 6.30. The second-order valence-corrected chi connectivity index (χ2v) is 3.47. The largest absolute Gasteiger partial charge is 0.383 e. The molecule has 0 N–H and O–H groups in total. The first-order chi connectivity index (χ1) is 3.39. The van der Waals surface area contributed by atoms with Crippen molar-refractivity contribution >= 4 is 10.2 Å². The lowest BCUT2D eigenvalue weighted by atomic mass is 10.2. The Morgan fingerprint density at radius 1 is 1.22 bits per heavy atom. The van der Waals surface area contributed by atoms with Crippen molar-refractivity contribution in [2.75, 3.05) is 6.61 Å². The van der Waals surface area contributed by atoms with E-state index in [1.807, 2.05) is 0 Å². The van der Waals surface area contributed by atoms with E-state index in [-0.39, 0.29) is 14.9 Å². The summed E-state index contributed by atoms with van der Waals surface area (Å²) >= 11 is 0. The average molecular weight is 148 g/mol. The quantitative estimate of drug-likeness (QED) is 0.468. The molecule has 58 valence electrons. The Kier molecular flexibility index (Phi) is 8.34. The minimum Gasteiger partial charge on any atom is -0.383 e. The van der Waals surface area contributed by atoms with Crippen LogP contribution in [0.2, 0.25) is 0 Å². The van der Waals surface area contributed by atoms with Crippen molar-refractivity contribution < 1.29 is 4.74 Å². The summed E-state index contributed by atoms with van der Waals surface area (Å²) in [5.41, 5.74) is 0.675. The highest BCUT2D eigenvalue weighted by molar-refractivity contribution is 6.10. The lowest BCUT2D eigenvalue weighted by Gasteiger charge is -2.17. The fourth-order valence-corrected chi connectivity index (χ4v) is 1.55. The Hall–Kier alpha value is 0.177. The molecule has 0 aliphatic carbocycles. The van der Waals surface area contributed by atoms with Gasteiger partial charge in [0, 0.05) is 22.6 Å². The van der Waals surface area contributed by atoms with E-state index >= 15 is 0 Å². The summed E-state index contributed by atoms with van der Waals surface area (Å²) in [5, 5.41) is 0. The maximum atomic E-state index is 5.34. The number of rotatable bonds is 0. The summed E-state index contributed by atoms with van der Waals surface area (Å²) in [4.78, 5) is 0. The Morgan fingerprint density at radius 2 is 1.89 bits per heavy atom. The van der Waals surface area contributed by atoms with Gasteiger partial charge in [-0.25, -0.2) is 0 Å². The van der Waals surface area contributed by atoms with Crippen molar-refractivity contribution in [3.05, 3.63) is 0 Å². The monoisotopic (exact) mass is 148 g/mol. The molecule has 1 nitrogen and oxygen atoms in total. The summed E-state index contributed by atoms with van der Waals surface area (Å²) in [6.45, 7) is 1.02. The predicted molar refractivity (Wildman–Crippen MR) is 47.0 cm³/mol. The highest BCUT2D eigenvalue weighted by Crippen LogP contribution is 2.08. The highest BCUT2D eigenvalue weighted by Gasteiger charge is 2.05. The third-order valence-electron chi connectivity index (χ3n) is 1.41. The van der Waals surface area contributed by atoms with Crippen LogP contribution in [0.25, 0.3) is 0 Å². The Labute approximate surface area is 62.2 Å². The molecular formula is C7H20OSi. The molecule has 0 aromatic heterocycles. The maximum absolute atomic E-state index is 5.34. The van der Waals surface area contributed by atoms with E-state index in [2.05, 4.69) is 0 Å². The first-order valence-corrected chi connectivity index (χ1v) is 4.16. The van der Waals surface area contributed by atoms with Crippen LogP contribution in [-0.4, -0.2) is 22.6 Å². The van der Waals surface area contributed by atoms with Gasteiger partial charge in [0.05, 0.1) is 0 Å². The van der Waals surface area contributed by atoms with Crippen molar-refractivity contribution in [2.24, 2.45) is 0 Å². The molecule has 0 aromatic rings.